The third-order valence-electron chi connectivity index (χ3n) is 5.55. The van der Waals surface area contributed by atoms with Crippen molar-refractivity contribution in [1.82, 2.24) is 0 Å². The van der Waals surface area contributed by atoms with E-state index in [4.69, 9.17) is 15.2 Å². The highest BCUT2D eigenvalue weighted by atomic mass is 32.2. The molecule has 0 aliphatic heterocycles. The molecule has 1 unspecified atom stereocenters. The topological polar surface area (TPSA) is 85.9 Å². The number of halogens is 1. The lowest BCUT2D eigenvalue weighted by atomic mass is 9.95. The molecule has 0 aliphatic carbocycles. The Labute approximate surface area is 221 Å². The van der Waals surface area contributed by atoms with Crippen molar-refractivity contribution < 1.29 is 18.7 Å². The molecule has 0 bridgehead atoms. The molecule has 8 heteroatoms. The fourth-order valence-corrected chi connectivity index (χ4v) is 4.11. The lowest BCUT2D eigenvalue weighted by Crippen LogP contribution is -2.27. The Morgan fingerprint density at radius 3 is 2.46 bits per heavy atom. The molecule has 3 N–H and O–H groups in total. The van der Waals surface area contributed by atoms with Crippen molar-refractivity contribution in [3.8, 4) is 11.5 Å². The van der Waals surface area contributed by atoms with Crippen molar-refractivity contribution in [2.75, 3.05) is 38.1 Å². The normalized spacial score (nSPS) is 12.6. The molecular weight excluding hydrogens is 489 g/mol. The van der Waals surface area contributed by atoms with E-state index >= 15 is 0 Å². The second-order valence-corrected chi connectivity index (χ2v) is 9.15. The number of ketones is 1. The molecule has 6 nitrogen and oxygen atoms in total. The third-order valence-corrected chi connectivity index (χ3v) is 6.25. The van der Waals surface area contributed by atoms with Crippen molar-refractivity contribution in [3.63, 3.8) is 0 Å². The zero-order valence-electron chi connectivity index (χ0n) is 21.2. The molecule has 0 fully saturated rings. The van der Waals surface area contributed by atoms with Crippen LogP contribution in [-0.4, -0.2) is 44.8 Å². The number of hydrogen-bond donors (Lipinski definition) is 2. The Balaban J connectivity index is 2.01. The number of carbonyl (C=O) groups is 1. The monoisotopic (exact) mass is 521 g/mol. The molecule has 0 aromatic heterocycles. The van der Waals surface area contributed by atoms with Gasteiger partial charge in [0.05, 0.1) is 19.4 Å². The molecule has 0 amide bonds. The Hall–Kier alpha value is -3.78. The zero-order valence-corrected chi connectivity index (χ0v) is 22.1. The van der Waals surface area contributed by atoms with Crippen molar-refractivity contribution >= 4 is 35.0 Å². The molecule has 3 aromatic rings. The number of carbonyl (C=O) groups excluding carboxylic acids is 1. The van der Waals surface area contributed by atoms with Gasteiger partial charge in [-0.3, -0.25) is 9.79 Å². The summed E-state index contributed by atoms with van der Waals surface area (Å²) in [5.74, 6) is 1.40. The smallest absolute Gasteiger partial charge is 0.205 e. The summed E-state index contributed by atoms with van der Waals surface area (Å²) in [6.45, 7) is 0.556. The molecule has 3 rings (SSSR count). The zero-order chi connectivity index (χ0) is 26.6. The number of Topliss-reactive ketones (excluding diaryl/α,β-unsaturated/α-hetero) is 1. The fourth-order valence-electron chi connectivity index (χ4n) is 3.71. The predicted octanol–water partition coefficient (Wildman–Crippen LogP) is 5.76. The van der Waals surface area contributed by atoms with Crippen LogP contribution in [0.15, 0.2) is 83.5 Å². The first kappa shape index (κ1) is 27.8. The van der Waals surface area contributed by atoms with E-state index < -0.39 is 11.9 Å². The summed E-state index contributed by atoms with van der Waals surface area (Å²) < 4.78 is 25.1. The number of ether oxygens (including phenoxy) is 2. The number of benzene rings is 3. The van der Waals surface area contributed by atoms with Gasteiger partial charge in [0.15, 0.2) is 0 Å². The van der Waals surface area contributed by atoms with Crippen LogP contribution in [0, 0.1) is 5.82 Å². The van der Waals surface area contributed by atoms with Crippen LogP contribution >= 0.6 is 11.8 Å². The van der Waals surface area contributed by atoms with Gasteiger partial charge in [-0.05, 0) is 41.7 Å². The Morgan fingerprint density at radius 1 is 1.11 bits per heavy atom. The van der Waals surface area contributed by atoms with E-state index in [1.54, 1.807) is 62.5 Å². The average molecular weight is 522 g/mol. The summed E-state index contributed by atoms with van der Waals surface area (Å²) in [7, 11) is 3.18. The predicted molar refractivity (Wildman–Crippen MR) is 151 cm³/mol. The maximum Gasteiger partial charge on any atom is 0.205 e. The van der Waals surface area contributed by atoms with Crippen LogP contribution in [0.1, 0.15) is 23.6 Å². The first-order valence-electron chi connectivity index (χ1n) is 11.8. The number of nitrogens with one attached hydrogen (secondary N) is 1. The third kappa shape index (κ3) is 7.85. The van der Waals surface area contributed by atoms with Crippen LogP contribution in [0.2, 0.25) is 0 Å². The Morgan fingerprint density at radius 2 is 1.81 bits per heavy atom. The molecule has 0 saturated heterocycles. The molecule has 0 radical (unpaired) electrons. The van der Waals surface area contributed by atoms with Crippen molar-refractivity contribution in [2.24, 2.45) is 10.7 Å². The SMILES string of the molecule is CN=CC(=C(N)C(=O)C(Nc1cc(OC)cc(OCCCSC)c1)c1ccc(F)cc1)c1ccccc1. The standard InChI is InChI=1S/C29H32FN3O3S/c1-32-19-26(20-8-5-4-6-9-20)27(31)29(34)28(21-10-12-22(30)13-11-21)33-23-16-24(35-2)18-25(17-23)36-14-7-15-37-3/h4-6,8-13,16-19,28,33H,7,14-15,31H2,1-3H3. The maximum atomic E-state index is 13.8. The summed E-state index contributed by atoms with van der Waals surface area (Å²) in [6, 6.07) is 19.5. The highest BCUT2D eigenvalue weighted by Crippen LogP contribution is 2.31. The molecule has 0 heterocycles. The van der Waals surface area contributed by atoms with Gasteiger partial charge in [0.2, 0.25) is 5.78 Å². The van der Waals surface area contributed by atoms with Crippen LogP contribution in [0.4, 0.5) is 10.1 Å². The lowest BCUT2D eigenvalue weighted by molar-refractivity contribution is -0.116. The van der Waals surface area contributed by atoms with Gasteiger partial charge in [-0.1, -0.05) is 42.5 Å². The number of rotatable bonds is 13. The molecule has 1 atom stereocenters. The largest absolute Gasteiger partial charge is 0.497 e. The van der Waals surface area contributed by atoms with Crippen molar-refractivity contribution in [2.45, 2.75) is 12.5 Å². The maximum absolute atomic E-state index is 13.8. The summed E-state index contributed by atoms with van der Waals surface area (Å²) in [5.41, 5.74) is 8.91. The average Bonchev–Trinajstić information content (AvgIpc) is 2.93. The fraction of sp³-hybridized carbons (Fsp3) is 0.241. The quantitative estimate of drug-likeness (QED) is 0.169. The summed E-state index contributed by atoms with van der Waals surface area (Å²) in [6.07, 6.45) is 4.52. The Kier molecular flexibility index (Phi) is 10.6. The molecule has 0 aliphatic rings. The number of nitrogens with two attached hydrogens (primary N) is 1. The summed E-state index contributed by atoms with van der Waals surface area (Å²) in [4.78, 5) is 17.9. The van der Waals surface area contributed by atoms with E-state index in [9.17, 15) is 9.18 Å². The van der Waals surface area contributed by atoms with Gasteiger partial charge in [-0.2, -0.15) is 11.8 Å². The molecule has 0 saturated carbocycles. The minimum Gasteiger partial charge on any atom is -0.497 e. The van der Waals surface area contributed by atoms with E-state index in [0.717, 1.165) is 17.7 Å². The number of nitrogens with zero attached hydrogens (tertiary/aromatic N) is 1. The number of aliphatic imine (C=N–C) groups is 1. The highest BCUT2D eigenvalue weighted by Gasteiger charge is 2.25. The molecule has 194 valence electrons. The van der Waals surface area contributed by atoms with Gasteiger partial charge in [0.1, 0.15) is 23.4 Å². The first-order chi connectivity index (χ1) is 18.0. The van der Waals surface area contributed by atoms with Gasteiger partial charge < -0.3 is 20.5 Å². The molecule has 0 spiro atoms. The van der Waals surface area contributed by atoms with Gasteiger partial charge in [0, 0.05) is 42.7 Å². The van der Waals surface area contributed by atoms with E-state index in [2.05, 4.69) is 16.6 Å². The summed E-state index contributed by atoms with van der Waals surface area (Å²) >= 11 is 1.76. The summed E-state index contributed by atoms with van der Waals surface area (Å²) in [5, 5.41) is 3.27. The number of hydrogen-bond acceptors (Lipinski definition) is 7. The molecule has 37 heavy (non-hydrogen) atoms. The number of thioether (sulfide) groups is 1. The van der Waals surface area contributed by atoms with Crippen LogP contribution in [0.5, 0.6) is 11.5 Å². The number of anilines is 1. The van der Waals surface area contributed by atoms with Gasteiger partial charge in [-0.25, -0.2) is 4.39 Å². The number of methoxy groups -OCH3 is 1. The van der Waals surface area contributed by atoms with Crippen molar-refractivity contribution in [1.29, 1.82) is 0 Å². The highest BCUT2D eigenvalue weighted by molar-refractivity contribution is 7.98. The molecular formula is C29H32FN3O3S. The van der Waals surface area contributed by atoms with E-state index in [-0.39, 0.29) is 11.5 Å². The van der Waals surface area contributed by atoms with Crippen molar-refractivity contribution in [3.05, 3.63) is 95.4 Å². The van der Waals surface area contributed by atoms with E-state index in [1.165, 1.54) is 12.1 Å². The van der Waals surface area contributed by atoms with E-state index in [0.29, 0.717) is 34.9 Å². The first-order valence-corrected chi connectivity index (χ1v) is 13.2. The van der Waals surface area contributed by atoms with Crippen LogP contribution in [-0.2, 0) is 4.79 Å². The minimum absolute atomic E-state index is 0.0371. The molecule has 3 aromatic carbocycles. The van der Waals surface area contributed by atoms with Gasteiger partial charge in [0.25, 0.3) is 0 Å². The van der Waals surface area contributed by atoms with Crippen LogP contribution < -0.4 is 20.5 Å². The second kappa shape index (κ2) is 14.1. The number of allylic oxidation sites excluding steroid dienone is 1. The Bertz CT molecular complexity index is 1230. The lowest BCUT2D eigenvalue weighted by Gasteiger charge is -2.22. The minimum atomic E-state index is -0.902. The van der Waals surface area contributed by atoms with Crippen LogP contribution in [0.3, 0.4) is 0 Å². The second-order valence-electron chi connectivity index (χ2n) is 8.17. The van der Waals surface area contributed by atoms with Crippen LogP contribution in [0.25, 0.3) is 5.57 Å². The van der Waals surface area contributed by atoms with Gasteiger partial charge in [-0.15, -0.1) is 0 Å². The van der Waals surface area contributed by atoms with E-state index in [1.807, 2.05) is 30.3 Å². The van der Waals surface area contributed by atoms with Gasteiger partial charge >= 0.3 is 0 Å².